The molecule has 86 valence electrons. The maximum Gasteiger partial charge on any atom is 0.228 e. The zero-order valence-electron chi connectivity index (χ0n) is 8.82. The van der Waals surface area contributed by atoms with Crippen molar-refractivity contribution in [1.29, 1.82) is 0 Å². The second-order valence-corrected chi connectivity index (χ2v) is 4.95. The number of carbonyl (C=O) groups excluding carboxylic acids is 1. The van der Waals surface area contributed by atoms with Crippen molar-refractivity contribution in [2.45, 2.75) is 25.3 Å². The molecule has 1 amide bonds. The Hall–Kier alpha value is -0.940. The summed E-state index contributed by atoms with van der Waals surface area (Å²) in [6.45, 7) is 0. The van der Waals surface area contributed by atoms with E-state index in [1.165, 1.54) is 0 Å². The first kappa shape index (κ1) is 11.5. The number of nitrogens with zero attached hydrogens (tertiary/aromatic N) is 1. The lowest BCUT2D eigenvalue weighted by atomic mass is 10.1. The normalized spacial score (nSPS) is 24.4. The van der Waals surface area contributed by atoms with Gasteiger partial charge in [-0.05, 0) is 47.3 Å². The Balaban J connectivity index is 2.00. The van der Waals surface area contributed by atoms with Crippen LogP contribution in [0.5, 0.6) is 0 Å². The number of rotatable bonds is 2. The van der Waals surface area contributed by atoms with E-state index in [1.807, 2.05) is 12.1 Å². The van der Waals surface area contributed by atoms with Gasteiger partial charge in [0.05, 0.1) is 4.47 Å². The molecule has 0 aliphatic heterocycles. The van der Waals surface area contributed by atoms with Crippen LogP contribution < -0.4 is 11.1 Å². The quantitative estimate of drug-likeness (QED) is 0.871. The average Bonchev–Trinajstić information content (AvgIpc) is 2.68. The first-order chi connectivity index (χ1) is 7.66. The van der Waals surface area contributed by atoms with Gasteiger partial charge in [-0.3, -0.25) is 4.79 Å². The summed E-state index contributed by atoms with van der Waals surface area (Å²) in [5.41, 5.74) is 5.78. The molecule has 2 atom stereocenters. The number of hydrogen-bond donors (Lipinski definition) is 2. The highest BCUT2D eigenvalue weighted by Crippen LogP contribution is 2.26. The number of aromatic nitrogens is 1. The van der Waals surface area contributed by atoms with Crippen LogP contribution in [-0.4, -0.2) is 16.9 Å². The molecule has 5 heteroatoms. The fourth-order valence-electron chi connectivity index (χ4n) is 1.95. The van der Waals surface area contributed by atoms with Crippen LogP contribution in [0.2, 0.25) is 0 Å². The number of pyridine rings is 1. The smallest absolute Gasteiger partial charge is 0.228 e. The third kappa shape index (κ3) is 2.59. The minimum atomic E-state index is 0.0207. The van der Waals surface area contributed by atoms with Gasteiger partial charge >= 0.3 is 0 Å². The molecule has 2 rings (SSSR count). The van der Waals surface area contributed by atoms with Crippen molar-refractivity contribution >= 4 is 27.7 Å². The van der Waals surface area contributed by atoms with Gasteiger partial charge in [0.1, 0.15) is 5.82 Å². The van der Waals surface area contributed by atoms with Gasteiger partial charge in [-0.15, -0.1) is 0 Å². The van der Waals surface area contributed by atoms with Crippen LogP contribution in [0.3, 0.4) is 0 Å². The third-order valence-electron chi connectivity index (χ3n) is 2.84. The van der Waals surface area contributed by atoms with Crippen LogP contribution in [0.1, 0.15) is 19.3 Å². The van der Waals surface area contributed by atoms with E-state index in [-0.39, 0.29) is 17.9 Å². The first-order valence-electron chi connectivity index (χ1n) is 5.34. The van der Waals surface area contributed by atoms with Crippen molar-refractivity contribution in [2.24, 2.45) is 11.7 Å². The summed E-state index contributed by atoms with van der Waals surface area (Å²) in [6, 6.07) is 3.83. The highest BCUT2D eigenvalue weighted by atomic mass is 79.9. The first-order valence-corrected chi connectivity index (χ1v) is 6.13. The second kappa shape index (κ2) is 4.93. The van der Waals surface area contributed by atoms with Crippen molar-refractivity contribution in [3.05, 3.63) is 22.8 Å². The Kier molecular flexibility index (Phi) is 3.56. The van der Waals surface area contributed by atoms with Crippen molar-refractivity contribution in [2.75, 3.05) is 5.32 Å². The van der Waals surface area contributed by atoms with Crippen molar-refractivity contribution in [1.82, 2.24) is 4.98 Å². The monoisotopic (exact) mass is 283 g/mol. The Morgan fingerprint density at radius 3 is 3.00 bits per heavy atom. The van der Waals surface area contributed by atoms with Crippen LogP contribution in [0.25, 0.3) is 0 Å². The summed E-state index contributed by atoms with van der Waals surface area (Å²) in [6.07, 6.45) is 4.23. The lowest BCUT2D eigenvalue weighted by Crippen LogP contribution is -2.23. The number of nitrogens with two attached hydrogens (primary N) is 1. The molecular formula is C11H14BrN3O. The highest BCUT2D eigenvalue weighted by Gasteiger charge is 2.28. The number of anilines is 1. The fraction of sp³-hybridized carbons (Fsp3) is 0.455. The van der Waals surface area contributed by atoms with Gasteiger partial charge in [-0.2, -0.15) is 0 Å². The Labute approximate surface area is 103 Å². The molecule has 0 radical (unpaired) electrons. The standard InChI is InChI=1S/C11H14BrN3O/c12-9-2-1-5-14-10(9)15-11(16)7-3-4-8(13)6-7/h1-2,5,7-8H,3-4,6,13H2,(H,14,15,16). The largest absolute Gasteiger partial charge is 0.328 e. The minimum absolute atomic E-state index is 0.0207. The molecule has 1 heterocycles. The van der Waals surface area contributed by atoms with Crippen LogP contribution in [0.4, 0.5) is 5.82 Å². The lowest BCUT2D eigenvalue weighted by molar-refractivity contribution is -0.119. The number of halogens is 1. The Morgan fingerprint density at radius 1 is 1.56 bits per heavy atom. The van der Waals surface area contributed by atoms with Gasteiger partial charge < -0.3 is 11.1 Å². The van der Waals surface area contributed by atoms with E-state index in [1.54, 1.807) is 6.20 Å². The second-order valence-electron chi connectivity index (χ2n) is 4.09. The zero-order valence-corrected chi connectivity index (χ0v) is 10.4. The van der Waals surface area contributed by atoms with Crippen LogP contribution in [0.15, 0.2) is 22.8 Å². The van der Waals surface area contributed by atoms with Crippen molar-refractivity contribution in [3.63, 3.8) is 0 Å². The van der Waals surface area contributed by atoms with Crippen LogP contribution >= 0.6 is 15.9 Å². The zero-order chi connectivity index (χ0) is 11.5. The predicted octanol–water partition coefficient (Wildman–Crippen LogP) is 1.91. The number of carbonyl (C=O) groups is 1. The Bertz CT molecular complexity index is 397. The van der Waals surface area contributed by atoms with E-state index in [2.05, 4.69) is 26.2 Å². The Morgan fingerprint density at radius 2 is 2.38 bits per heavy atom. The number of amides is 1. The van der Waals surface area contributed by atoms with Gasteiger partial charge in [0.15, 0.2) is 0 Å². The van der Waals surface area contributed by atoms with Gasteiger partial charge in [0, 0.05) is 18.2 Å². The SMILES string of the molecule is NC1CCC(C(=O)Nc2ncccc2Br)C1. The van der Waals surface area contributed by atoms with Gasteiger partial charge in [-0.1, -0.05) is 0 Å². The van der Waals surface area contributed by atoms with Gasteiger partial charge in [0.25, 0.3) is 0 Å². The fourth-order valence-corrected chi connectivity index (χ4v) is 2.31. The molecule has 0 spiro atoms. The summed E-state index contributed by atoms with van der Waals surface area (Å²) in [5, 5.41) is 2.82. The maximum absolute atomic E-state index is 11.9. The van der Waals surface area contributed by atoms with Crippen LogP contribution in [0, 0.1) is 5.92 Å². The lowest BCUT2D eigenvalue weighted by Gasteiger charge is -2.10. The van der Waals surface area contributed by atoms with E-state index in [0.29, 0.717) is 5.82 Å². The molecule has 0 aromatic carbocycles. The topological polar surface area (TPSA) is 68.0 Å². The molecule has 0 saturated heterocycles. The van der Waals surface area contributed by atoms with E-state index < -0.39 is 0 Å². The summed E-state index contributed by atoms with van der Waals surface area (Å²) in [4.78, 5) is 16.0. The molecule has 16 heavy (non-hydrogen) atoms. The molecule has 0 bridgehead atoms. The molecule has 1 fully saturated rings. The molecule has 1 aliphatic carbocycles. The molecule has 3 N–H and O–H groups in total. The molecular weight excluding hydrogens is 270 g/mol. The number of hydrogen-bond acceptors (Lipinski definition) is 3. The molecule has 1 saturated carbocycles. The summed E-state index contributed by atoms with van der Waals surface area (Å²) >= 11 is 3.34. The summed E-state index contributed by atoms with van der Waals surface area (Å²) in [7, 11) is 0. The van der Waals surface area contributed by atoms with Gasteiger partial charge in [0.2, 0.25) is 5.91 Å². The van der Waals surface area contributed by atoms with E-state index in [0.717, 1.165) is 23.7 Å². The number of nitrogens with one attached hydrogen (secondary N) is 1. The molecule has 1 aliphatic rings. The minimum Gasteiger partial charge on any atom is -0.328 e. The molecule has 2 unspecified atom stereocenters. The molecule has 4 nitrogen and oxygen atoms in total. The average molecular weight is 284 g/mol. The highest BCUT2D eigenvalue weighted by molar-refractivity contribution is 9.10. The third-order valence-corrected chi connectivity index (χ3v) is 3.48. The van der Waals surface area contributed by atoms with Crippen molar-refractivity contribution in [3.8, 4) is 0 Å². The maximum atomic E-state index is 11.9. The molecule has 1 aromatic heterocycles. The van der Waals surface area contributed by atoms with E-state index >= 15 is 0 Å². The van der Waals surface area contributed by atoms with Crippen molar-refractivity contribution < 1.29 is 4.79 Å². The predicted molar refractivity (Wildman–Crippen MR) is 65.9 cm³/mol. The van der Waals surface area contributed by atoms with E-state index in [4.69, 9.17) is 5.73 Å². The summed E-state index contributed by atoms with van der Waals surface area (Å²) in [5.74, 6) is 0.629. The molecule has 1 aromatic rings. The van der Waals surface area contributed by atoms with E-state index in [9.17, 15) is 4.79 Å². The van der Waals surface area contributed by atoms with Crippen LogP contribution in [-0.2, 0) is 4.79 Å². The van der Waals surface area contributed by atoms with Gasteiger partial charge in [-0.25, -0.2) is 4.98 Å². The summed E-state index contributed by atoms with van der Waals surface area (Å²) < 4.78 is 0.797.